The van der Waals surface area contributed by atoms with Crippen LogP contribution in [0.4, 0.5) is 13.2 Å². The molecule has 0 spiro atoms. The van der Waals surface area contributed by atoms with Crippen LogP contribution in [0.1, 0.15) is 38.7 Å². The Morgan fingerprint density at radius 3 is 2.22 bits per heavy atom. The van der Waals surface area contributed by atoms with Gasteiger partial charge in [-0.2, -0.15) is 13.2 Å². The average molecular weight is 331 g/mol. The van der Waals surface area contributed by atoms with Gasteiger partial charge in [0.15, 0.2) is 5.60 Å². The Bertz CT molecular complexity index is 484. The highest BCUT2D eigenvalue weighted by molar-refractivity contribution is 5.24. The van der Waals surface area contributed by atoms with E-state index in [0.717, 1.165) is 12.8 Å². The summed E-state index contributed by atoms with van der Waals surface area (Å²) in [7, 11) is 0. The lowest BCUT2D eigenvalue weighted by atomic mass is 9.89. The van der Waals surface area contributed by atoms with Crippen LogP contribution in [0.3, 0.4) is 0 Å². The number of alkyl halides is 3. The fourth-order valence-electron chi connectivity index (χ4n) is 3.19. The van der Waals surface area contributed by atoms with Crippen LogP contribution in [0.25, 0.3) is 0 Å². The second-order valence-electron chi connectivity index (χ2n) is 6.35. The lowest BCUT2D eigenvalue weighted by Crippen LogP contribution is -2.47. The molecule has 0 saturated carbocycles. The van der Waals surface area contributed by atoms with Crippen LogP contribution < -0.4 is 5.32 Å². The minimum absolute atomic E-state index is 0.0897. The van der Waals surface area contributed by atoms with E-state index in [1.54, 1.807) is 6.07 Å². The number of benzene rings is 1. The SMILES string of the molecule is C[C@@H]1CC(NCC[C@](O)(c2ccccc2)C(F)(F)F)C[C@H](C)O1. The largest absolute Gasteiger partial charge is 0.421 e. The van der Waals surface area contributed by atoms with Crippen LogP contribution in [0.2, 0.25) is 0 Å². The van der Waals surface area contributed by atoms with Gasteiger partial charge in [0.05, 0.1) is 12.2 Å². The second-order valence-corrected chi connectivity index (χ2v) is 6.35. The Balaban J connectivity index is 2.00. The van der Waals surface area contributed by atoms with Crippen molar-refractivity contribution in [3.63, 3.8) is 0 Å². The van der Waals surface area contributed by atoms with Gasteiger partial charge in [-0.3, -0.25) is 0 Å². The van der Waals surface area contributed by atoms with Crippen molar-refractivity contribution in [2.75, 3.05) is 6.54 Å². The van der Waals surface area contributed by atoms with Gasteiger partial charge in [-0.25, -0.2) is 0 Å². The molecule has 0 amide bonds. The summed E-state index contributed by atoms with van der Waals surface area (Å²) in [5, 5.41) is 13.4. The van der Waals surface area contributed by atoms with Crippen molar-refractivity contribution in [3.05, 3.63) is 35.9 Å². The van der Waals surface area contributed by atoms with Gasteiger partial charge in [0.2, 0.25) is 0 Å². The molecule has 130 valence electrons. The molecule has 2 N–H and O–H groups in total. The molecule has 23 heavy (non-hydrogen) atoms. The van der Waals surface area contributed by atoms with Gasteiger partial charge in [0, 0.05) is 12.5 Å². The number of hydrogen-bond donors (Lipinski definition) is 2. The summed E-state index contributed by atoms with van der Waals surface area (Å²) < 4.78 is 45.8. The predicted octanol–water partition coefficient (Wildman–Crippen LogP) is 3.37. The maximum atomic E-state index is 13.4. The predicted molar refractivity (Wildman–Crippen MR) is 82.0 cm³/mol. The topological polar surface area (TPSA) is 41.5 Å². The smallest absolute Gasteiger partial charge is 0.376 e. The van der Waals surface area contributed by atoms with E-state index >= 15 is 0 Å². The molecule has 0 bridgehead atoms. The minimum atomic E-state index is -4.72. The van der Waals surface area contributed by atoms with Gasteiger partial charge in [-0.15, -0.1) is 0 Å². The first-order valence-electron chi connectivity index (χ1n) is 7.96. The zero-order valence-corrected chi connectivity index (χ0v) is 13.4. The molecule has 6 heteroatoms. The van der Waals surface area contributed by atoms with Crippen LogP contribution >= 0.6 is 0 Å². The quantitative estimate of drug-likeness (QED) is 0.869. The molecule has 1 aliphatic heterocycles. The van der Waals surface area contributed by atoms with Gasteiger partial charge in [-0.05, 0) is 38.8 Å². The van der Waals surface area contributed by atoms with E-state index in [1.165, 1.54) is 24.3 Å². The normalized spacial score (nSPS) is 28.3. The van der Waals surface area contributed by atoms with E-state index in [0.29, 0.717) is 0 Å². The highest BCUT2D eigenvalue weighted by atomic mass is 19.4. The molecule has 1 unspecified atom stereocenters. The van der Waals surface area contributed by atoms with Crippen molar-refractivity contribution in [3.8, 4) is 0 Å². The van der Waals surface area contributed by atoms with E-state index in [4.69, 9.17) is 4.74 Å². The van der Waals surface area contributed by atoms with Crippen molar-refractivity contribution < 1.29 is 23.0 Å². The minimum Gasteiger partial charge on any atom is -0.376 e. The molecule has 1 heterocycles. The Morgan fingerprint density at radius 2 is 1.70 bits per heavy atom. The highest BCUT2D eigenvalue weighted by Crippen LogP contribution is 2.41. The van der Waals surface area contributed by atoms with Crippen LogP contribution in [-0.2, 0) is 10.3 Å². The van der Waals surface area contributed by atoms with E-state index in [-0.39, 0.29) is 30.4 Å². The molecule has 1 saturated heterocycles. The molecule has 4 atom stereocenters. The molecular formula is C17H24F3NO2. The third kappa shape index (κ3) is 4.46. The van der Waals surface area contributed by atoms with E-state index in [2.05, 4.69) is 5.32 Å². The lowest BCUT2D eigenvalue weighted by Gasteiger charge is -2.35. The third-order valence-electron chi connectivity index (χ3n) is 4.34. The van der Waals surface area contributed by atoms with Gasteiger partial charge < -0.3 is 15.2 Å². The molecule has 0 aromatic heterocycles. The molecule has 1 fully saturated rings. The molecule has 3 nitrogen and oxygen atoms in total. The summed E-state index contributed by atoms with van der Waals surface area (Å²) >= 11 is 0. The van der Waals surface area contributed by atoms with Crippen molar-refractivity contribution >= 4 is 0 Å². The van der Waals surface area contributed by atoms with E-state index in [1.807, 2.05) is 13.8 Å². The zero-order chi connectivity index (χ0) is 17.1. The summed E-state index contributed by atoms with van der Waals surface area (Å²) in [4.78, 5) is 0. The van der Waals surface area contributed by atoms with Crippen LogP contribution in [0, 0.1) is 0 Å². The Hall–Kier alpha value is -1.11. The first kappa shape index (κ1) is 18.2. The number of aliphatic hydroxyl groups is 1. The van der Waals surface area contributed by atoms with E-state index < -0.39 is 18.2 Å². The van der Waals surface area contributed by atoms with Gasteiger partial charge in [0.1, 0.15) is 0 Å². The van der Waals surface area contributed by atoms with Crippen LogP contribution in [0.15, 0.2) is 30.3 Å². The summed E-state index contributed by atoms with van der Waals surface area (Å²) in [5.74, 6) is 0. The fourth-order valence-corrected chi connectivity index (χ4v) is 3.19. The number of rotatable bonds is 5. The third-order valence-corrected chi connectivity index (χ3v) is 4.34. The standard InChI is InChI=1S/C17H24F3NO2/c1-12-10-15(11-13(2)23-12)21-9-8-16(22,17(18,19)20)14-6-4-3-5-7-14/h3-7,12-13,15,21-22H,8-11H2,1-2H3/t12-,13+,15?,16-/m0/s1. The molecule has 0 aliphatic carbocycles. The monoisotopic (exact) mass is 331 g/mol. The first-order chi connectivity index (χ1) is 10.7. The summed E-state index contributed by atoms with van der Waals surface area (Å²) in [6, 6.07) is 7.37. The summed E-state index contributed by atoms with van der Waals surface area (Å²) in [5.41, 5.74) is -2.95. The number of halogens is 3. The Labute approximate surface area is 134 Å². The van der Waals surface area contributed by atoms with Gasteiger partial charge in [0.25, 0.3) is 0 Å². The van der Waals surface area contributed by atoms with Crippen LogP contribution in [0.5, 0.6) is 0 Å². The average Bonchev–Trinajstić information content (AvgIpc) is 2.46. The van der Waals surface area contributed by atoms with Gasteiger partial charge >= 0.3 is 6.18 Å². The maximum Gasteiger partial charge on any atom is 0.421 e. The van der Waals surface area contributed by atoms with Crippen molar-refractivity contribution in [1.82, 2.24) is 5.32 Å². The van der Waals surface area contributed by atoms with Gasteiger partial charge in [-0.1, -0.05) is 30.3 Å². The van der Waals surface area contributed by atoms with E-state index in [9.17, 15) is 18.3 Å². The van der Waals surface area contributed by atoms with Crippen LogP contribution in [-0.4, -0.2) is 36.1 Å². The molecule has 1 aromatic carbocycles. The molecule has 2 rings (SSSR count). The second kappa shape index (κ2) is 7.20. The fraction of sp³-hybridized carbons (Fsp3) is 0.647. The summed E-state index contributed by atoms with van der Waals surface area (Å²) in [6.45, 7) is 4.01. The number of hydrogen-bond acceptors (Lipinski definition) is 3. The molecule has 0 radical (unpaired) electrons. The van der Waals surface area contributed by atoms with Crippen molar-refractivity contribution in [2.24, 2.45) is 0 Å². The Morgan fingerprint density at radius 1 is 1.13 bits per heavy atom. The lowest BCUT2D eigenvalue weighted by molar-refractivity contribution is -0.268. The van der Waals surface area contributed by atoms with Crippen molar-refractivity contribution in [1.29, 1.82) is 0 Å². The Kier molecular flexibility index (Phi) is 5.70. The molecule has 1 aliphatic rings. The maximum absolute atomic E-state index is 13.4. The zero-order valence-electron chi connectivity index (χ0n) is 13.4. The first-order valence-corrected chi connectivity index (χ1v) is 7.96. The number of nitrogens with one attached hydrogen (secondary N) is 1. The molecular weight excluding hydrogens is 307 g/mol. The number of ether oxygens (including phenoxy) is 1. The highest BCUT2D eigenvalue weighted by Gasteiger charge is 2.54. The van der Waals surface area contributed by atoms with Crippen molar-refractivity contribution in [2.45, 2.75) is 63.1 Å². The summed E-state index contributed by atoms with van der Waals surface area (Å²) in [6.07, 6.45) is -3.42. The molecule has 1 aromatic rings.